The molecule has 1 atom stereocenters. The van der Waals surface area contributed by atoms with Gasteiger partial charge in [0.2, 0.25) is 11.7 Å². The van der Waals surface area contributed by atoms with Crippen LogP contribution in [0.1, 0.15) is 44.0 Å². The maximum absolute atomic E-state index is 8.66. The predicted octanol–water partition coefficient (Wildman–Crippen LogP) is 1.48. The molecule has 1 N–H and O–H groups in total. The summed E-state index contributed by atoms with van der Waals surface area (Å²) in [4.78, 5) is 4.22. The molecule has 0 fully saturated rings. The molecule has 0 bridgehead atoms. The molecule has 0 saturated heterocycles. The fraction of sp³-hybridized carbons (Fsp3) is 0.800. The lowest BCUT2D eigenvalue weighted by Crippen LogP contribution is -2.03. The number of rotatable bonds is 7. The van der Waals surface area contributed by atoms with Crippen LogP contribution < -0.4 is 0 Å². The minimum Gasteiger partial charge on any atom is -0.396 e. The molecule has 5 nitrogen and oxygen atoms in total. The second kappa shape index (κ2) is 6.53. The van der Waals surface area contributed by atoms with E-state index in [1.165, 1.54) is 0 Å². The van der Waals surface area contributed by atoms with E-state index in [2.05, 4.69) is 17.1 Å². The van der Waals surface area contributed by atoms with Crippen LogP contribution in [0.5, 0.6) is 0 Å². The molecular formula is C10H18N2O3. The monoisotopic (exact) mass is 214 g/mol. The lowest BCUT2D eigenvalue weighted by Gasteiger charge is -2.08. The molecule has 1 rings (SSSR count). The van der Waals surface area contributed by atoms with Crippen LogP contribution in [0.25, 0.3) is 0 Å². The topological polar surface area (TPSA) is 68.4 Å². The zero-order chi connectivity index (χ0) is 11.1. The maximum Gasteiger partial charge on any atom is 0.226 e. The second-order valence-corrected chi connectivity index (χ2v) is 3.39. The summed E-state index contributed by atoms with van der Waals surface area (Å²) < 4.78 is 10.3. The highest BCUT2D eigenvalue weighted by atomic mass is 16.5. The average molecular weight is 214 g/mol. The van der Waals surface area contributed by atoms with Gasteiger partial charge in [-0.15, -0.1) is 0 Å². The first-order valence-electron chi connectivity index (χ1n) is 5.28. The Morgan fingerprint density at radius 2 is 2.33 bits per heavy atom. The van der Waals surface area contributed by atoms with E-state index in [0.717, 1.165) is 12.8 Å². The van der Waals surface area contributed by atoms with E-state index in [0.29, 0.717) is 24.6 Å². The van der Waals surface area contributed by atoms with Gasteiger partial charge in [-0.3, -0.25) is 0 Å². The zero-order valence-corrected chi connectivity index (χ0v) is 9.27. The van der Waals surface area contributed by atoms with Gasteiger partial charge in [0.1, 0.15) is 6.10 Å². The van der Waals surface area contributed by atoms with E-state index in [1.807, 2.05) is 0 Å². The molecule has 0 aliphatic heterocycles. The highest BCUT2D eigenvalue weighted by molar-refractivity contribution is 4.91. The van der Waals surface area contributed by atoms with Crippen LogP contribution in [-0.2, 0) is 11.2 Å². The summed E-state index contributed by atoms with van der Waals surface area (Å²) in [5, 5.41) is 12.5. The zero-order valence-electron chi connectivity index (χ0n) is 9.27. The maximum atomic E-state index is 8.66. The van der Waals surface area contributed by atoms with Crippen molar-refractivity contribution < 1.29 is 14.4 Å². The molecule has 0 radical (unpaired) electrons. The van der Waals surface area contributed by atoms with Gasteiger partial charge in [-0.2, -0.15) is 4.98 Å². The smallest absolute Gasteiger partial charge is 0.226 e. The fourth-order valence-electron chi connectivity index (χ4n) is 1.35. The van der Waals surface area contributed by atoms with E-state index < -0.39 is 0 Å². The van der Waals surface area contributed by atoms with Gasteiger partial charge in [-0.1, -0.05) is 18.5 Å². The molecule has 0 spiro atoms. The third-order valence-electron chi connectivity index (χ3n) is 2.16. The fourth-order valence-corrected chi connectivity index (χ4v) is 1.35. The third-order valence-corrected chi connectivity index (χ3v) is 2.16. The number of aromatic nitrogens is 2. The SMILES string of the molecule is CCCC(OC)c1noc(CCCO)n1. The van der Waals surface area contributed by atoms with Crippen LogP contribution in [0.4, 0.5) is 0 Å². The summed E-state index contributed by atoms with van der Waals surface area (Å²) in [6.45, 7) is 2.22. The van der Waals surface area contributed by atoms with Gasteiger partial charge in [0.05, 0.1) is 0 Å². The highest BCUT2D eigenvalue weighted by Crippen LogP contribution is 2.19. The first-order valence-corrected chi connectivity index (χ1v) is 5.28. The number of aryl methyl sites for hydroxylation is 1. The van der Waals surface area contributed by atoms with Crippen molar-refractivity contribution in [3.8, 4) is 0 Å². The van der Waals surface area contributed by atoms with Crippen LogP contribution >= 0.6 is 0 Å². The lowest BCUT2D eigenvalue weighted by molar-refractivity contribution is 0.0854. The Labute approximate surface area is 89.4 Å². The Balaban J connectivity index is 2.56. The molecule has 1 heterocycles. The van der Waals surface area contributed by atoms with Crippen molar-refractivity contribution in [3.05, 3.63) is 11.7 Å². The third kappa shape index (κ3) is 3.60. The van der Waals surface area contributed by atoms with Crippen molar-refractivity contribution in [2.75, 3.05) is 13.7 Å². The van der Waals surface area contributed by atoms with Crippen LogP contribution in [0.3, 0.4) is 0 Å². The molecule has 0 aliphatic carbocycles. The quantitative estimate of drug-likeness (QED) is 0.744. The number of hydrogen-bond donors (Lipinski definition) is 1. The van der Waals surface area contributed by atoms with Crippen LogP contribution in [0.15, 0.2) is 4.52 Å². The highest BCUT2D eigenvalue weighted by Gasteiger charge is 2.16. The van der Waals surface area contributed by atoms with Crippen LogP contribution in [-0.4, -0.2) is 29.0 Å². The van der Waals surface area contributed by atoms with Crippen molar-refractivity contribution >= 4 is 0 Å². The van der Waals surface area contributed by atoms with E-state index in [9.17, 15) is 0 Å². The summed E-state index contributed by atoms with van der Waals surface area (Å²) in [5.41, 5.74) is 0. The molecule has 1 aromatic heterocycles. The summed E-state index contributed by atoms with van der Waals surface area (Å²) in [7, 11) is 1.64. The Kier molecular flexibility index (Phi) is 5.28. The number of ether oxygens (including phenoxy) is 1. The van der Waals surface area contributed by atoms with Crippen molar-refractivity contribution in [3.63, 3.8) is 0 Å². The molecule has 5 heteroatoms. The summed E-state index contributed by atoms with van der Waals surface area (Å²) in [6, 6.07) is 0. The Bertz CT molecular complexity index is 275. The van der Waals surface area contributed by atoms with Crippen molar-refractivity contribution in [2.24, 2.45) is 0 Å². The van der Waals surface area contributed by atoms with Crippen molar-refractivity contribution in [1.29, 1.82) is 0 Å². The average Bonchev–Trinajstić information content (AvgIpc) is 2.71. The van der Waals surface area contributed by atoms with Gasteiger partial charge in [-0.25, -0.2) is 0 Å². The van der Waals surface area contributed by atoms with Gasteiger partial charge in [-0.05, 0) is 12.8 Å². The standard InChI is InChI=1S/C10H18N2O3/c1-3-5-8(14-2)10-11-9(15-12-10)6-4-7-13/h8,13H,3-7H2,1-2H3. The number of aliphatic hydroxyl groups is 1. The number of methoxy groups -OCH3 is 1. The van der Waals surface area contributed by atoms with Crippen molar-refractivity contribution in [2.45, 2.75) is 38.7 Å². The second-order valence-electron chi connectivity index (χ2n) is 3.39. The predicted molar refractivity (Wildman–Crippen MR) is 54.4 cm³/mol. The Morgan fingerprint density at radius 1 is 1.53 bits per heavy atom. The van der Waals surface area contributed by atoms with Crippen LogP contribution in [0.2, 0.25) is 0 Å². The van der Waals surface area contributed by atoms with Crippen molar-refractivity contribution in [1.82, 2.24) is 10.1 Å². The minimum absolute atomic E-state index is 0.0818. The molecule has 0 saturated carbocycles. The van der Waals surface area contributed by atoms with Gasteiger partial charge in [0, 0.05) is 20.1 Å². The lowest BCUT2D eigenvalue weighted by atomic mass is 10.2. The number of nitrogens with zero attached hydrogens (tertiary/aromatic N) is 2. The molecule has 1 aromatic rings. The van der Waals surface area contributed by atoms with E-state index >= 15 is 0 Å². The number of aliphatic hydroxyl groups excluding tert-OH is 1. The Morgan fingerprint density at radius 3 is 2.93 bits per heavy atom. The Hall–Kier alpha value is -0.940. The largest absolute Gasteiger partial charge is 0.396 e. The summed E-state index contributed by atoms with van der Waals surface area (Å²) in [6.07, 6.45) is 3.08. The van der Waals surface area contributed by atoms with Gasteiger partial charge < -0.3 is 14.4 Å². The number of hydrogen-bond acceptors (Lipinski definition) is 5. The van der Waals surface area contributed by atoms with Gasteiger partial charge in [0.15, 0.2) is 0 Å². The molecule has 15 heavy (non-hydrogen) atoms. The first-order chi connectivity index (χ1) is 7.31. The van der Waals surface area contributed by atoms with E-state index in [1.54, 1.807) is 7.11 Å². The summed E-state index contributed by atoms with van der Waals surface area (Å²) >= 11 is 0. The first kappa shape index (κ1) is 12.1. The molecule has 0 aromatic carbocycles. The molecule has 0 amide bonds. The van der Waals surface area contributed by atoms with E-state index in [-0.39, 0.29) is 12.7 Å². The molecule has 86 valence electrons. The van der Waals surface area contributed by atoms with Gasteiger partial charge in [0.25, 0.3) is 0 Å². The molecule has 0 aliphatic rings. The minimum atomic E-state index is -0.0818. The van der Waals surface area contributed by atoms with Crippen LogP contribution in [0, 0.1) is 0 Å². The summed E-state index contributed by atoms with van der Waals surface area (Å²) in [5.74, 6) is 1.17. The normalized spacial score (nSPS) is 13.0. The van der Waals surface area contributed by atoms with Gasteiger partial charge >= 0.3 is 0 Å². The van der Waals surface area contributed by atoms with E-state index in [4.69, 9.17) is 14.4 Å². The molecule has 1 unspecified atom stereocenters. The molecular weight excluding hydrogens is 196 g/mol.